The fourth-order valence-corrected chi connectivity index (χ4v) is 3.89. The van der Waals surface area contributed by atoms with Crippen molar-refractivity contribution in [2.45, 2.75) is 25.8 Å². The molecule has 1 saturated heterocycles. The molecule has 1 aliphatic rings. The van der Waals surface area contributed by atoms with Gasteiger partial charge in [-0.3, -0.25) is 0 Å². The number of amides is 2. The van der Waals surface area contributed by atoms with Gasteiger partial charge in [0.15, 0.2) is 5.65 Å². The molecule has 1 N–H and O–H groups in total. The van der Waals surface area contributed by atoms with Crippen molar-refractivity contribution in [2.75, 3.05) is 32.6 Å². The van der Waals surface area contributed by atoms with E-state index in [9.17, 15) is 4.79 Å². The van der Waals surface area contributed by atoms with Crippen LogP contribution in [0.2, 0.25) is 0 Å². The Labute approximate surface area is 169 Å². The van der Waals surface area contributed by atoms with Gasteiger partial charge >= 0.3 is 6.03 Å². The molecule has 8 heteroatoms. The van der Waals surface area contributed by atoms with E-state index in [1.807, 2.05) is 24.0 Å². The van der Waals surface area contributed by atoms with Crippen LogP contribution in [0.1, 0.15) is 24.7 Å². The second-order valence-corrected chi connectivity index (χ2v) is 7.12. The normalized spacial score (nSPS) is 14.8. The van der Waals surface area contributed by atoms with Crippen molar-refractivity contribution in [1.82, 2.24) is 19.4 Å². The summed E-state index contributed by atoms with van der Waals surface area (Å²) in [7, 11) is 3.17. The first-order valence-electron chi connectivity index (χ1n) is 9.67. The molecule has 29 heavy (non-hydrogen) atoms. The molecule has 0 bridgehead atoms. The lowest BCUT2D eigenvalue weighted by molar-refractivity contribution is 0.184. The van der Waals surface area contributed by atoms with Crippen LogP contribution < -0.4 is 14.8 Å². The lowest BCUT2D eigenvalue weighted by Gasteiger charge is -2.33. The standard InChI is InChI=1S/C21H25N5O3/c1-14-23-19-5-4-8-22-20(19)26(14)16-6-9-25(10-7-16)21(27)24-15-11-17(28-2)13-18(12-15)29-3/h4-5,8,11-13,16H,6-7,9-10H2,1-3H3,(H,24,27). The van der Waals surface area contributed by atoms with Crippen molar-refractivity contribution in [3.8, 4) is 11.5 Å². The predicted molar refractivity (Wildman–Crippen MR) is 111 cm³/mol. The number of rotatable bonds is 4. The van der Waals surface area contributed by atoms with E-state index in [4.69, 9.17) is 9.47 Å². The van der Waals surface area contributed by atoms with Crippen LogP contribution in [0.4, 0.5) is 10.5 Å². The Hall–Kier alpha value is -3.29. The molecule has 8 nitrogen and oxygen atoms in total. The smallest absolute Gasteiger partial charge is 0.321 e. The van der Waals surface area contributed by atoms with E-state index < -0.39 is 0 Å². The average molecular weight is 395 g/mol. The third-order valence-electron chi connectivity index (χ3n) is 5.34. The van der Waals surface area contributed by atoms with Gasteiger partial charge in [0, 0.05) is 49.2 Å². The molecule has 3 heterocycles. The number of carbonyl (C=O) groups excluding carboxylic acids is 1. The van der Waals surface area contributed by atoms with Gasteiger partial charge in [0.25, 0.3) is 0 Å². The lowest BCUT2D eigenvalue weighted by atomic mass is 10.0. The fourth-order valence-electron chi connectivity index (χ4n) is 3.89. The number of aromatic nitrogens is 3. The molecule has 0 unspecified atom stereocenters. The van der Waals surface area contributed by atoms with E-state index >= 15 is 0 Å². The quantitative estimate of drug-likeness (QED) is 0.730. The second kappa shape index (κ2) is 7.98. The lowest BCUT2D eigenvalue weighted by Crippen LogP contribution is -2.41. The maximum absolute atomic E-state index is 12.7. The monoisotopic (exact) mass is 395 g/mol. The van der Waals surface area contributed by atoms with Crippen molar-refractivity contribution in [2.24, 2.45) is 0 Å². The first-order chi connectivity index (χ1) is 14.1. The Balaban J connectivity index is 1.43. The van der Waals surface area contributed by atoms with Gasteiger partial charge in [0.2, 0.25) is 0 Å². The van der Waals surface area contributed by atoms with Crippen molar-refractivity contribution in [3.63, 3.8) is 0 Å². The number of methoxy groups -OCH3 is 2. The SMILES string of the molecule is COc1cc(NC(=O)N2CCC(n3c(C)nc4cccnc43)CC2)cc(OC)c1. The number of fused-ring (bicyclic) bond motifs is 1. The van der Waals surface area contributed by atoms with E-state index in [2.05, 4.69) is 19.9 Å². The highest BCUT2D eigenvalue weighted by molar-refractivity contribution is 5.90. The van der Waals surface area contributed by atoms with Gasteiger partial charge in [-0.25, -0.2) is 14.8 Å². The van der Waals surface area contributed by atoms with E-state index in [1.165, 1.54) is 0 Å². The number of nitrogens with one attached hydrogen (secondary N) is 1. The number of aryl methyl sites for hydroxylation is 1. The molecule has 2 amide bonds. The zero-order valence-corrected chi connectivity index (χ0v) is 16.9. The number of likely N-dealkylation sites (tertiary alicyclic amines) is 1. The van der Waals surface area contributed by atoms with Crippen LogP contribution in [-0.2, 0) is 0 Å². The zero-order valence-electron chi connectivity index (χ0n) is 16.9. The van der Waals surface area contributed by atoms with Crippen LogP contribution in [0.3, 0.4) is 0 Å². The third kappa shape index (κ3) is 3.83. The molecular formula is C21H25N5O3. The number of nitrogens with zero attached hydrogens (tertiary/aromatic N) is 4. The molecule has 1 aromatic carbocycles. The molecule has 152 valence electrons. The van der Waals surface area contributed by atoms with Crippen molar-refractivity contribution in [1.29, 1.82) is 0 Å². The highest BCUT2D eigenvalue weighted by Crippen LogP contribution is 2.29. The summed E-state index contributed by atoms with van der Waals surface area (Å²) in [4.78, 5) is 23.7. The summed E-state index contributed by atoms with van der Waals surface area (Å²) in [6, 6.07) is 9.38. The van der Waals surface area contributed by atoms with Gasteiger partial charge in [-0.05, 0) is 31.9 Å². The topological polar surface area (TPSA) is 81.5 Å². The number of benzene rings is 1. The molecule has 2 aromatic heterocycles. The van der Waals surface area contributed by atoms with Gasteiger partial charge in [-0.2, -0.15) is 0 Å². The summed E-state index contributed by atoms with van der Waals surface area (Å²) >= 11 is 0. The zero-order chi connectivity index (χ0) is 20.4. The summed E-state index contributed by atoms with van der Waals surface area (Å²) < 4.78 is 12.7. The van der Waals surface area contributed by atoms with E-state index in [-0.39, 0.29) is 12.1 Å². The highest BCUT2D eigenvalue weighted by Gasteiger charge is 2.26. The molecule has 0 atom stereocenters. The number of imidazole rings is 1. The van der Waals surface area contributed by atoms with E-state index in [0.29, 0.717) is 30.3 Å². The van der Waals surface area contributed by atoms with Crippen LogP contribution in [0, 0.1) is 6.92 Å². The number of hydrogen-bond donors (Lipinski definition) is 1. The van der Waals surface area contributed by atoms with Gasteiger partial charge in [0.1, 0.15) is 22.8 Å². The minimum atomic E-state index is -0.121. The molecule has 4 rings (SSSR count). The molecular weight excluding hydrogens is 370 g/mol. The number of ether oxygens (including phenoxy) is 2. The summed E-state index contributed by atoms with van der Waals surface area (Å²) in [5.74, 6) is 2.23. The molecule has 3 aromatic rings. The van der Waals surface area contributed by atoms with Crippen LogP contribution in [0.15, 0.2) is 36.5 Å². The van der Waals surface area contributed by atoms with Crippen LogP contribution >= 0.6 is 0 Å². The highest BCUT2D eigenvalue weighted by atomic mass is 16.5. The number of hydrogen-bond acceptors (Lipinski definition) is 5. The summed E-state index contributed by atoms with van der Waals surface area (Å²) in [5.41, 5.74) is 2.47. The van der Waals surface area contributed by atoms with Gasteiger partial charge in [-0.1, -0.05) is 0 Å². The van der Waals surface area contributed by atoms with E-state index in [0.717, 1.165) is 29.8 Å². The van der Waals surface area contributed by atoms with Crippen LogP contribution in [-0.4, -0.2) is 52.8 Å². The first-order valence-corrected chi connectivity index (χ1v) is 9.67. The summed E-state index contributed by atoms with van der Waals surface area (Å²) in [6.07, 6.45) is 3.51. The first kappa shape index (κ1) is 19.0. The number of anilines is 1. The van der Waals surface area contributed by atoms with Gasteiger partial charge < -0.3 is 24.3 Å². The molecule has 0 aliphatic carbocycles. The maximum atomic E-state index is 12.7. The maximum Gasteiger partial charge on any atom is 0.321 e. The largest absolute Gasteiger partial charge is 0.497 e. The van der Waals surface area contributed by atoms with Crippen molar-refractivity contribution in [3.05, 3.63) is 42.4 Å². The molecule has 0 saturated carbocycles. The van der Waals surface area contributed by atoms with Gasteiger partial charge in [-0.15, -0.1) is 0 Å². The van der Waals surface area contributed by atoms with Crippen molar-refractivity contribution < 1.29 is 14.3 Å². The Morgan fingerprint density at radius 1 is 1.14 bits per heavy atom. The predicted octanol–water partition coefficient (Wildman–Crippen LogP) is 3.63. The van der Waals surface area contributed by atoms with Crippen LogP contribution in [0.25, 0.3) is 11.2 Å². The molecule has 1 aliphatic heterocycles. The summed E-state index contributed by atoms with van der Waals surface area (Å²) in [5, 5.41) is 2.95. The summed E-state index contributed by atoms with van der Waals surface area (Å²) in [6.45, 7) is 3.35. The molecule has 0 radical (unpaired) electrons. The Kier molecular flexibility index (Phi) is 5.24. The fraction of sp³-hybridized carbons (Fsp3) is 0.381. The molecule has 1 fully saturated rings. The number of urea groups is 1. The minimum absolute atomic E-state index is 0.121. The van der Waals surface area contributed by atoms with Crippen LogP contribution in [0.5, 0.6) is 11.5 Å². The number of pyridine rings is 1. The van der Waals surface area contributed by atoms with Crippen molar-refractivity contribution >= 4 is 22.9 Å². The Morgan fingerprint density at radius 3 is 2.48 bits per heavy atom. The molecule has 0 spiro atoms. The average Bonchev–Trinajstić information content (AvgIpc) is 3.09. The van der Waals surface area contributed by atoms with E-state index in [1.54, 1.807) is 38.6 Å². The Bertz CT molecular complexity index is 1000. The third-order valence-corrected chi connectivity index (χ3v) is 5.34. The number of piperidine rings is 1. The van der Waals surface area contributed by atoms with Gasteiger partial charge in [0.05, 0.1) is 14.2 Å². The Morgan fingerprint density at radius 2 is 1.83 bits per heavy atom. The second-order valence-electron chi connectivity index (χ2n) is 7.12. The number of carbonyl (C=O) groups is 1. The minimum Gasteiger partial charge on any atom is -0.497 e.